The lowest BCUT2D eigenvalue weighted by Crippen LogP contribution is -2.04. The maximum atomic E-state index is 3.90. The van der Waals surface area contributed by atoms with E-state index in [1.54, 1.807) is 0 Å². The minimum Gasteiger partial charge on any atom is -0.218 e. The van der Waals surface area contributed by atoms with E-state index >= 15 is 0 Å². The van der Waals surface area contributed by atoms with Crippen molar-refractivity contribution in [3.05, 3.63) is 36.0 Å². The van der Waals surface area contributed by atoms with Crippen molar-refractivity contribution in [1.29, 1.82) is 0 Å². The van der Waals surface area contributed by atoms with Crippen LogP contribution >= 0.6 is 32.7 Å². The molecule has 1 fully saturated rings. The Labute approximate surface area is 83.9 Å². The molecule has 0 atom stereocenters. The van der Waals surface area contributed by atoms with Gasteiger partial charge in [-0.15, -0.1) is 0 Å². The summed E-state index contributed by atoms with van der Waals surface area (Å²) in [5.74, 6) is 0. The number of thiol groups is 3. The lowest BCUT2D eigenvalue weighted by molar-refractivity contribution is 1.93. The highest BCUT2D eigenvalue weighted by atomic mass is 32.3. The van der Waals surface area contributed by atoms with Gasteiger partial charge in [0.05, 0.1) is 0 Å². The Balaban J connectivity index is 2.57. The van der Waals surface area contributed by atoms with Gasteiger partial charge in [-0.2, -0.15) is 0 Å². The number of rotatable bonds is 3. The molecular formula is C9H18S3. The molecule has 0 aromatic carbocycles. The largest absolute Gasteiger partial charge is 0.218 e. The average Bonchev–Trinajstić information content (AvgIpc) is 2.16. The van der Waals surface area contributed by atoms with Gasteiger partial charge in [0, 0.05) is 15.3 Å². The molecule has 0 saturated carbocycles. The number of hydrogen-bond donors (Lipinski definition) is 3. The highest BCUT2D eigenvalue weighted by Crippen LogP contribution is 2.56. The van der Waals surface area contributed by atoms with Crippen LogP contribution in [0.2, 0.25) is 0 Å². The van der Waals surface area contributed by atoms with Gasteiger partial charge in [-0.05, 0) is 0 Å². The zero-order chi connectivity index (χ0) is 8.97. The lowest BCUT2D eigenvalue weighted by Gasteiger charge is -2.37. The normalized spacial score (nSPS) is 44.5. The van der Waals surface area contributed by atoms with Crippen LogP contribution in [0.1, 0.15) is 0 Å². The number of hydrogen-bond acceptors (Lipinski definition) is 0. The molecule has 0 aliphatic carbocycles. The Morgan fingerprint density at radius 2 is 0.917 bits per heavy atom. The van der Waals surface area contributed by atoms with Crippen LogP contribution in [0, 0.1) is 0 Å². The summed E-state index contributed by atoms with van der Waals surface area (Å²) in [5, 5.41) is 10.7. The Morgan fingerprint density at radius 3 is 1.08 bits per heavy atom. The van der Waals surface area contributed by atoms with Gasteiger partial charge in [0.1, 0.15) is 0 Å². The minimum atomic E-state index is 0.119. The summed E-state index contributed by atoms with van der Waals surface area (Å²) >= 11 is 0. The first-order chi connectivity index (χ1) is 5.80. The maximum Gasteiger partial charge on any atom is 0.0107 e. The Kier molecular flexibility index (Phi) is 4.40. The molecule has 0 aromatic heterocycles. The summed E-state index contributed by atoms with van der Waals surface area (Å²) in [7, 11) is 0.358. The first-order valence-electron chi connectivity index (χ1n) is 3.90. The molecule has 0 amide bonds. The van der Waals surface area contributed by atoms with Crippen molar-refractivity contribution >= 4 is 32.7 Å². The highest BCUT2D eigenvalue weighted by Gasteiger charge is 2.16. The lowest BCUT2D eigenvalue weighted by atomic mass is 11.3. The standard InChI is InChI=1S/C9H18S3/c1-4-10-7-11(5-2)9-12(6-3)8-10/h4-6,10-12H,1-3,7-9H2. The van der Waals surface area contributed by atoms with Crippen LogP contribution in [0.5, 0.6) is 0 Å². The van der Waals surface area contributed by atoms with Crippen molar-refractivity contribution in [3.8, 4) is 0 Å². The molecule has 72 valence electrons. The van der Waals surface area contributed by atoms with Crippen molar-refractivity contribution in [2.45, 2.75) is 0 Å². The predicted octanol–water partition coefficient (Wildman–Crippen LogP) is 3.31. The monoisotopic (exact) mass is 222 g/mol. The van der Waals surface area contributed by atoms with Crippen molar-refractivity contribution in [2.75, 3.05) is 15.3 Å². The van der Waals surface area contributed by atoms with Gasteiger partial charge < -0.3 is 0 Å². The molecule has 0 unspecified atom stereocenters. The van der Waals surface area contributed by atoms with Gasteiger partial charge in [0.25, 0.3) is 0 Å². The Morgan fingerprint density at radius 1 is 0.667 bits per heavy atom. The third-order valence-electron chi connectivity index (χ3n) is 1.86. The SMILES string of the molecule is C=C[SH]1C[SH](C=C)C[SH](C=C)C1. The molecule has 0 N–H and O–H groups in total. The van der Waals surface area contributed by atoms with Gasteiger partial charge in [-0.3, -0.25) is 0 Å². The molecular weight excluding hydrogens is 204 g/mol. The van der Waals surface area contributed by atoms with Crippen LogP contribution in [0.3, 0.4) is 0 Å². The van der Waals surface area contributed by atoms with E-state index < -0.39 is 0 Å². The summed E-state index contributed by atoms with van der Waals surface area (Å²) in [4.78, 5) is 0. The van der Waals surface area contributed by atoms with Crippen molar-refractivity contribution in [2.24, 2.45) is 0 Å². The van der Waals surface area contributed by atoms with Crippen molar-refractivity contribution in [3.63, 3.8) is 0 Å². The predicted molar refractivity (Wildman–Crippen MR) is 72.2 cm³/mol. The van der Waals surface area contributed by atoms with Gasteiger partial charge in [-0.25, -0.2) is 32.7 Å². The summed E-state index contributed by atoms with van der Waals surface area (Å²) in [5.41, 5.74) is 0. The summed E-state index contributed by atoms with van der Waals surface area (Å²) in [6, 6.07) is 0. The molecule has 12 heavy (non-hydrogen) atoms. The molecule has 1 aliphatic rings. The van der Waals surface area contributed by atoms with E-state index in [-0.39, 0.29) is 32.7 Å². The summed E-state index contributed by atoms with van der Waals surface area (Å²) < 4.78 is 0. The quantitative estimate of drug-likeness (QED) is 0.600. The second-order valence-corrected chi connectivity index (χ2v) is 10.8. The zero-order valence-electron chi connectivity index (χ0n) is 7.32. The van der Waals surface area contributed by atoms with Crippen molar-refractivity contribution in [1.82, 2.24) is 0 Å². The van der Waals surface area contributed by atoms with Crippen LogP contribution in [-0.2, 0) is 0 Å². The Bertz CT molecular complexity index is 149. The summed E-state index contributed by atoms with van der Waals surface area (Å²) in [6.07, 6.45) is 0. The molecule has 0 aromatic rings. The van der Waals surface area contributed by atoms with Gasteiger partial charge in [0.2, 0.25) is 0 Å². The van der Waals surface area contributed by atoms with Crippen LogP contribution in [0.25, 0.3) is 0 Å². The van der Waals surface area contributed by atoms with E-state index in [9.17, 15) is 0 Å². The topological polar surface area (TPSA) is 0 Å². The molecule has 1 rings (SSSR count). The average molecular weight is 222 g/mol. The molecule has 0 bridgehead atoms. The Hall–Kier alpha value is 0.270. The van der Waals surface area contributed by atoms with Crippen molar-refractivity contribution < 1.29 is 0 Å². The zero-order valence-corrected chi connectivity index (χ0v) is 10.00. The molecule has 0 nitrogen and oxygen atoms in total. The molecule has 0 spiro atoms. The van der Waals surface area contributed by atoms with Crippen LogP contribution in [0.4, 0.5) is 0 Å². The first kappa shape index (κ1) is 10.4. The van der Waals surface area contributed by atoms with E-state index in [0.29, 0.717) is 0 Å². The molecule has 1 saturated heterocycles. The maximum absolute atomic E-state index is 3.90. The first-order valence-corrected chi connectivity index (χ1v) is 9.24. The van der Waals surface area contributed by atoms with Crippen LogP contribution in [0.15, 0.2) is 36.0 Å². The molecule has 1 heterocycles. The fraction of sp³-hybridized carbons (Fsp3) is 0.333. The summed E-state index contributed by atoms with van der Waals surface area (Å²) in [6.45, 7) is 11.7. The van der Waals surface area contributed by atoms with E-state index in [1.807, 2.05) is 0 Å². The van der Waals surface area contributed by atoms with Gasteiger partial charge >= 0.3 is 0 Å². The third-order valence-corrected chi connectivity index (χ3v) is 12.1. The smallest absolute Gasteiger partial charge is 0.0107 e. The van der Waals surface area contributed by atoms with Gasteiger partial charge in [0.15, 0.2) is 0 Å². The van der Waals surface area contributed by atoms with E-state index in [4.69, 9.17) is 0 Å². The second-order valence-electron chi connectivity index (χ2n) is 2.74. The van der Waals surface area contributed by atoms with Crippen LogP contribution in [-0.4, -0.2) is 15.3 Å². The van der Waals surface area contributed by atoms with Gasteiger partial charge in [-0.1, -0.05) is 36.0 Å². The molecule has 0 radical (unpaired) electrons. The second kappa shape index (κ2) is 5.10. The third kappa shape index (κ3) is 2.64. The van der Waals surface area contributed by atoms with Crippen LogP contribution < -0.4 is 0 Å². The highest BCUT2D eigenvalue weighted by molar-refractivity contribution is 8.50. The minimum absolute atomic E-state index is 0.119. The van der Waals surface area contributed by atoms with E-state index in [2.05, 4.69) is 36.0 Å². The van der Waals surface area contributed by atoms with E-state index in [1.165, 1.54) is 15.3 Å². The fourth-order valence-electron chi connectivity index (χ4n) is 1.18. The molecule has 1 aliphatic heterocycles. The van der Waals surface area contributed by atoms with E-state index in [0.717, 1.165) is 0 Å². The molecule has 3 heteroatoms. The fourth-order valence-corrected chi connectivity index (χ4v) is 13.0.